The van der Waals surface area contributed by atoms with Crippen LogP contribution in [-0.2, 0) is 21.0 Å². The second-order valence-electron chi connectivity index (χ2n) is 5.48. The van der Waals surface area contributed by atoms with Gasteiger partial charge in [0.1, 0.15) is 0 Å². The Morgan fingerprint density at radius 1 is 1.09 bits per heavy atom. The predicted molar refractivity (Wildman–Crippen MR) is 86.3 cm³/mol. The summed E-state index contributed by atoms with van der Waals surface area (Å²) in [6, 6.07) is 19.0. The summed E-state index contributed by atoms with van der Waals surface area (Å²) in [5.41, 5.74) is 4.24. The van der Waals surface area contributed by atoms with Crippen molar-refractivity contribution in [3.63, 3.8) is 0 Å². The monoisotopic (exact) mass is 310 g/mol. The predicted octanol–water partition coefficient (Wildman–Crippen LogP) is 2.29. The number of hydroxylamine groups is 1. The third-order valence-electron chi connectivity index (χ3n) is 3.82. The van der Waals surface area contributed by atoms with Crippen molar-refractivity contribution in [2.24, 2.45) is 5.92 Å². The van der Waals surface area contributed by atoms with E-state index in [4.69, 9.17) is 4.84 Å². The van der Waals surface area contributed by atoms with Crippen molar-refractivity contribution < 1.29 is 14.4 Å². The Bertz CT molecular complexity index is 673. The van der Waals surface area contributed by atoms with Crippen LogP contribution in [0.2, 0.25) is 0 Å². The van der Waals surface area contributed by atoms with Gasteiger partial charge in [-0.1, -0.05) is 48.5 Å². The molecule has 118 valence electrons. The lowest BCUT2D eigenvalue weighted by Gasteiger charge is -2.16. The first kappa shape index (κ1) is 15.2. The number of benzene rings is 2. The van der Waals surface area contributed by atoms with Crippen LogP contribution in [0.15, 0.2) is 60.7 Å². The zero-order chi connectivity index (χ0) is 16.1. The van der Waals surface area contributed by atoms with E-state index in [2.05, 4.69) is 5.48 Å². The van der Waals surface area contributed by atoms with Gasteiger partial charge in [-0.2, -0.15) is 0 Å². The SMILES string of the molecule is O=C(NOCc1ccccc1)C1CC(=O)N(c2ccccc2)C1. The molecule has 1 fully saturated rings. The Hall–Kier alpha value is -2.66. The summed E-state index contributed by atoms with van der Waals surface area (Å²) in [4.78, 5) is 31.1. The molecule has 2 aromatic carbocycles. The minimum Gasteiger partial charge on any atom is -0.312 e. The fraction of sp³-hybridized carbons (Fsp3) is 0.222. The molecule has 2 amide bonds. The van der Waals surface area contributed by atoms with Gasteiger partial charge in [-0.15, -0.1) is 0 Å². The van der Waals surface area contributed by atoms with E-state index in [1.165, 1.54) is 0 Å². The highest BCUT2D eigenvalue weighted by atomic mass is 16.6. The molecule has 1 unspecified atom stereocenters. The van der Waals surface area contributed by atoms with Crippen molar-refractivity contribution in [2.45, 2.75) is 13.0 Å². The van der Waals surface area contributed by atoms with E-state index in [0.717, 1.165) is 11.3 Å². The highest BCUT2D eigenvalue weighted by Crippen LogP contribution is 2.24. The minimum absolute atomic E-state index is 0.0422. The molecule has 0 spiro atoms. The summed E-state index contributed by atoms with van der Waals surface area (Å²) in [6.07, 6.45) is 0.204. The van der Waals surface area contributed by atoms with E-state index in [0.29, 0.717) is 13.2 Å². The first-order valence-electron chi connectivity index (χ1n) is 7.55. The lowest BCUT2D eigenvalue weighted by Crippen LogP contribution is -2.33. The van der Waals surface area contributed by atoms with Crippen LogP contribution in [0.1, 0.15) is 12.0 Å². The summed E-state index contributed by atoms with van der Waals surface area (Å²) in [5, 5.41) is 0. The van der Waals surface area contributed by atoms with Gasteiger partial charge in [0.2, 0.25) is 11.8 Å². The van der Waals surface area contributed by atoms with E-state index in [1.807, 2.05) is 60.7 Å². The Labute approximate surface area is 134 Å². The molecule has 0 radical (unpaired) electrons. The number of nitrogens with zero attached hydrogens (tertiary/aromatic N) is 1. The molecule has 0 saturated carbocycles. The van der Waals surface area contributed by atoms with E-state index >= 15 is 0 Å². The zero-order valence-electron chi connectivity index (χ0n) is 12.6. The number of nitrogens with one attached hydrogen (secondary N) is 1. The van der Waals surface area contributed by atoms with Crippen LogP contribution >= 0.6 is 0 Å². The molecule has 3 rings (SSSR count). The molecule has 0 aromatic heterocycles. The van der Waals surface area contributed by atoms with Gasteiger partial charge in [0, 0.05) is 18.7 Å². The number of anilines is 1. The summed E-state index contributed by atoms with van der Waals surface area (Å²) in [7, 11) is 0. The maximum atomic E-state index is 12.1. The van der Waals surface area contributed by atoms with Crippen LogP contribution in [-0.4, -0.2) is 18.4 Å². The maximum absolute atomic E-state index is 12.1. The second-order valence-corrected chi connectivity index (χ2v) is 5.48. The Kier molecular flexibility index (Phi) is 4.68. The van der Waals surface area contributed by atoms with Crippen molar-refractivity contribution in [3.05, 3.63) is 66.2 Å². The molecule has 5 nitrogen and oxygen atoms in total. The second kappa shape index (κ2) is 7.07. The normalized spacial score (nSPS) is 17.3. The largest absolute Gasteiger partial charge is 0.312 e. The molecular weight excluding hydrogens is 292 g/mol. The molecule has 5 heteroatoms. The Balaban J connectivity index is 1.52. The van der Waals surface area contributed by atoms with Crippen LogP contribution in [0.5, 0.6) is 0 Å². The first-order chi connectivity index (χ1) is 11.2. The number of rotatable bonds is 5. The van der Waals surface area contributed by atoms with Gasteiger partial charge in [0.05, 0.1) is 12.5 Å². The van der Waals surface area contributed by atoms with Crippen LogP contribution in [0.4, 0.5) is 5.69 Å². The minimum atomic E-state index is -0.390. The van der Waals surface area contributed by atoms with Crippen molar-refractivity contribution in [2.75, 3.05) is 11.4 Å². The summed E-state index contributed by atoms with van der Waals surface area (Å²) in [6.45, 7) is 0.680. The van der Waals surface area contributed by atoms with Gasteiger partial charge in [0.25, 0.3) is 0 Å². The molecule has 1 N–H and O–H groups in total. The molecule has 0 aliphatic carbocycles. The average Bonchev–Trinajstić information content (AvgIpc) is 2.98. The quantitative estimate of drug-likeness (QED) is 0.862. The fourth-order valence-corrected chi connectivity index (χ4v) is 2.59. The number of hydrogen-bond acceptors (Lipinski definition) is 3. The van der Waals surface area contributed by atoms with Gasteiger partial charge in [-0.3, -0.25) is 14.4 Å². The van der Waals surface area contributed by atoms with E-state index in [-0.39, 0.29) is 18.2 Å². The molecule has 1 heterocycles. The highest BCUT2D eigenvalue weighted by Gasteiger charge is 2.35. The van der Waals surface area contributed by atoms with Gasteiger partial charge in [0.15, 0.2) is 0 Å². The Morgan fingerprint density at radius 3 is 2.43 bits per heavy atom. The van der Waals surface area contributed by atoms with Crippen LogP contribution in [0.3, 0.4) is 0 Å². The van der Waals surface area contributed by atoms with E-state index in [9.17, 15) is 9.59 Å². The van der Waals surface area contributed by atoms with E-state index < -0.39 is 5.92 Å². The molecule has 23 heavy (non-hydrogen) atoms. The lowest BCUT2D eigenvalue weighted by molar-refractivity contribution is -0.138. The number of amides is 2. The number of para-hydroxylation sites is 1. The zero-order valence-corrected chi connectivity index (χ0v) is 12.6. The fourth-order valence-electron chi connectivity index (χ4n) is 2.59. The van der Waals surface area contributed by atoms with Crippen molar-refractivity contribution >= 4 is 17.5 Å². The summed E-state index contributed by atoms with van der Waals surface area (Å²) < 4.78 is 0. The van der Waals surface area contributed by atoms with Gasteiger partial charge >= 0.3 is 0 Å². The molecular formula is C18H18N2O3. The molecule has 1 aliphatic heterocycles. The molecule has 0 bridgehead atoms. The average molecular weight is 310 g/mol. The lowest BCUT2D eigenvalue weighted by atomic mass is 10.1. The summed E-state index contributed by atoms with van der Waals surface area (Å²) in [5.74, 6) is -0.689. The molecule has 1 atom stereocenters. The van der Waals surface area contributed by atoms with Crippen molar-refractivity contribution in [1.29, 1.82) is 0 Å². The number of carbonyl (C=O) groups excluding carboxylic acids is 2. The van der Waals surface area contributed by atoms with Gasteiger partial charge < -0.3 is 4.90 Å². The van der Waals surface area contributed by atoms with E-state index in [1.54, 1.807) is 4.90 Å². The third-order valence-corrected chi connectivity index (χ3v) is 3.82. The molecule has 1 aliphatic rings. The topological polar surface area (TPSA) is 58.6 Å². The van der Waals surface area contributed by atoms with Gasteiger partial charge in [-0.25, -0.2) is 5.48 Å². The van der Waals surface area contributed by atoms with Crippen molar-refractivity contribution in [1.82, 2.24) is 5.48 Å². The number of hydrogen-bond donors (Lipinski definition) is 1. The Morgan fingerprint density at radius 2 is 1.74 bits per heavy atom. The van der Waals surface area contributed by atoms with Crippen LogP contribution in [0, 0.1) is 5.92 Å². The highest BCUT2D eigenvalue weighted by molar-refractivity contribution is 6.00. The molecule has 2 aromatic rings. The van der Waals surface area contributed by atoms with Crippen LogP contribution < -0.4 is 10.4 Å². The number of carbonyl (C=O) groups is 2. The smallest absolute Gasteiger partial charge is 0.248 e. The van der Waals surface area contributed by atoms with Crippen LogP contribution in [0.25, 0.3) is 0 Å². The van der Waals surface area contributed by atoms with Crippen molar-refractivity contribution in [3.8, 4) is 0 Å². The standard InChI is InChI=1S/C18H18N2O3/c21-17-11-15(12-20(17)16-9-5-2-6-10-16)18(22)19-23-13-14-7-3-1-4-8-14/h1-10,15H,11-13H2,(H,19,22). The maximum Gasteiger partial charge on any atom is 0.248 e. The molecule has 1 saturated heterocycles. The van der Waals surface area contributed by atoms with Gasteiger partial charge in [-0.05, 0) is 17.7 Å². The third kappa shape index (κ3) is 3.76. The first-order valence-corrected chi connectivity index (χ1v) is 7.55. The summed E-state index contributed by atoms with van der Waals surface area (Å²) >= 11 is 0.